The smallest absolute Gasteiger partial charge is 0.129 e. The number of nitrogens with one attached hydrogen (secondary N) is 1. The van der Waals surface area contributed by atoms with Crippen LogP contribution in [0.5, 0.6) is 0 Å². The van der Waals surface area contributed by atoms with Crippen LogP contribution in [-0.4, -0.2) is 0 Å². The van der Waals surface area contributed by atoms with Crippen molar-refractivity contribution in [1.29, 1.82) is 0 Å². The van der Waals surface area contributed by atoms with E-state index in [1.807, 2.05) is 25.1 Å². The monoisotopic (exact) mass is 283 g/mol. The molecule has 0 fully saturated rings. The first-order chi connectivity index (χ1) is 8.58. The van der Waals surface area contributed by atoms with Crippen molar-refractivity contribution < 1.29 is 4.39 Å². The Kier molecular flexibility index (Phi) is 4.10. The van der Waals surface area contributed by atoms with Crippen molar-refractivity contribution in [2.24, 2.45) is 0 Å². The highest BCUT2D eigenvalue weighted by Crippen LogP contribution is 2.24. The van der Waals surface area contributed by atoms with Gasteiger partial charge >= 0.3 is 0 Å². The minimum absolute atomic E-state index is 0.310. The topological polar surface area (TPSA) is 12.0 Å². The molecule has 0 spiro atoms. The van der Waals surface area contributed by atoms with Gasteiger partial charge < -0.3 is 5.32 Å². The first-order valence-corrected chi connectivity index (χ1v) is 6.26. The van der Waals surface area contributed by atoms with Crippen LogP contribution in [0.2, 0.25) is 10.0 Å². The third kappa shape index (κ3) is 2.95. The SMILES string of the molecule is Cc1c(Cl)cccc1NCc1ccc(Cl)cc1F. The molecule has 2 aromatic rings. The predicted octanol–water partition coefficient (Wildman–Crippen LogP) is 5.05. The van der Waals surface area contributed by atoms with Crippen molar-refractivity contribution in [3.63, 3.8) is 0 Å². The van der Waals surface area contributed by atoms with Gasteiger partial charge in [0.2, 0.25) is 0 Å². The van der Waals surface area contributed by atoms with Gasteiger partial charge in [0.25, 0.3) is 0 Å². The summed E-state index contributed by atoms with van der Waals surface area (Å²) in [5.41, 5.74) is 2.42. The van der Waals surface area contributed by atoms with Gasteiger partial charge in [-0.05, 0) is 36.8 Å². The zero-order valence-corrected chi connectivity index (χ0v) is 11.3. The summed E-state index contributed by atoms with van der Waals surface area (Å²) in [6.07, 6.45) is 0. The fraction of sp³-hybridized carbons (Fsp3) is 0.143. The van der Waals surface area contributed by atoms with E-state index in [0.29, 0.717) is 22.2 Å². The Hall–Kier alpha value is -1.25. The van der Waals surface area contributed by atoms with Crippen LogP contribution in [0.4, 0.5) is 10.1 Å². The van der Waals surface area contributed by atoms with Gasteiger partial charge in [-0.15, -0.1) is 0 Å². The summed E-state index contributed by atoms with van der Waals surface area (Å²) >= 11 is 11.7. The number of anilines is 1. The van der Waals surface area contributed by atoms with Crippen molar-refractivity contribution >= 4 is 28.9 Å². The summed E-state index contributed by atoms with van der Waals surface area (Å²) in [6.45, 7) is 2.31. The summed E-state index contributed by atoms with van der Waals surface area (Å²) in [5, 5.41) is 4.25. The molecule has 2 rings (SSSR count). The first-order valence-electron chi connectivity index (χ1n) is 5.51. The van der Waals surface area contributed by atoms with E-state index in [1.165, 1.54) is 6.07 Å². The van der Waals surface area contributed by atoms with Gasteiger partial charge in [0.05, 0.1) is 0 Å². The molecule has 2 aromatic carbocycles. The molecule has 0 radical (unpaired) electrons. The van der Waals surface area contributed by atoms with Crippen molar-refractivity contribution in [3.8, 4) is 0 Å². The lowest BCUT2D eigenvalue weighted by Gasteiger charge is -2.11. The number of halogens is 3. The molecule has 94 valence electrons. The second-order valence-electron chi connectivity index (χ2n) is 4.00. The molecule has 0 aromatic heterocycles. The summed E-state index contributed by atoms with van der Waals surface area (Å²) in [6, 6.07) is 10.2. The van der Waals surface area contributed by atoms with Crippen LogP contribution >= 0.6 is 23.2 Å². The van der Waals surface area contributed by atoms with E-state index >= 15 is 0 Å². The minimum atomic E-state index is -0.310. The Morgan fingerprint density at radius 2 is 1.94 bits per heavy atom. The van der Waals surface area contributed by atoms with Crippen LogP contribution in [0.25, 0.3) is 0 Å². The molecule has 0 saturated carbocycles. The minimum Gasteiger partial charge on any atom is -0.381 e. The van der Waals surface area contributed by atoms with Gasteiger partial charge in [-0.2, -0.15) is 0 Å². The van der Waals surface area contributed by atoms with Crippen molar-refractivity contribution in [2.75, 3.05) is 5.32 Å². The average Bonchev–Trinajstić information content (AvgIpc) is 2.33. The third-order valence-electron chi connectivity index (χ3n) is 2.75. The van der Waals surface area contributed by atoms with Gasteiger partial charge in [0.1, 0.15) is 5.82 Å². The second kappa shape index (κ2) is 5.59. The highest BCUT2D eigenvalue weighted by molar-refractivity contribution is 6.31. The molecule has 18 heavy (non-hydrogen) atoms. The van der Waals surface area contributed by atoms with Crippen LogP contribution < -0.4 is 5.32 Å². The lowest BCUT2D eigenvalue weighted by Crippen LogP contribution is -2.03. The molecule has 4 heteroatoms. The molecular formula is C14H12Cl2FN. The van der Waals surface area contributed by atoms with Crippen molar-refractivity contribution in [3.05, 3.63) is 63.4 Å². The molecule has 0 aliphatic heterocycles. The summed E-state index contributed by atoms with van der Waals surface area (Å²) < 4.78 is 13.6. The fourth-order valence-corrected chi connectivity index (χ4v) is 1.99. The van der Waals surface area contributed by atoms with Crippen molar-refractivity contribution in [1.82, 2.24) is 0 Å². The second-order valence-corrected chi connectivity index (χ2v) is 4.85. The van der Waals surface area contributed by atoms with Gasteiger partial charge in [0, 0.05) is 27.8 Å². The number of hydrogen-bond donors (Lipinski definition) is 1. The zero-order chi connectivity index (χ0) is 13.1. The average molecular weight is 284 g/mol. The standard InChI is InChI=1S/C14H12Cl2FN/c1-9-12(16)3-2-4-14(9)18-8-10-5-6-11(15)7-13(10)17/h2-7,18H,8H2,1H3. The quantitative estimate of drug-likeness (QED) is 0.831. The van der Waals surface area contributed by atoms with E-state index in [4.69, 9.17) is 23.2 Å². The van der Waals surface area contributed by atoms with E-state index in [2.05, 4.69) is 5.32 Å². The highest BCUT2D eigenvalue weighted by atomic mass is 35.5. The number of benzene rings is 2. The number of hydrogen-bond acceptors (Lipinski definition) is 1. The maximum absolute atomic E-state index is 13.6. The Morgan fingerprint density at radius 3 is 2.67 bits per heavy atom. The van der Waals surface area contributed by atoms with Gasteiger partial charge in [-0.25, -0.2) is 4.39 Å². The van der Waals surface area contributed by atoms with Crippen LogP contribution in [0.15, 0.2) is 36.4 Å². The van der Waals surface area contributed by atoms with Crippen LogP contribution in [0.3, 0.4) is 0 Å². The maximum Gasteiger partial charge on any atom is 0.129 e. The molecule has 0 bridgehead atoms. The van der Waals surface area contributed by atoms with E-state index in [0.717, 1.165) is 11.3 Å². The molecule has 1 nitrogen and oxygen atoms in total. The molecule has 0 saturated heterocycles. The molecule has 0 heterocycles. The summed E-state index contributed by atoms with van der Waals surface area (Å²) in [4.78, 5) is 0. The summed E-state index contributed by atoms with van der Waals surface area (Å²) in [5.74, 6) is -0.310. The Bertz CT molecular complexity index is 570. The number of rotatable bonds is 3. The largest absolute Gasteiger partial charge is 0.381 e. The maximum atomic E-state index is 13.6. The lowest BCUT2D eigenvalue weighted by molar-refractivity contribution is 0.613. The summed E-state index contributed by atoms with van der Waals surface area (Å²) in [7, 11) is 0. The Morgan fingerprint density at radius 1 is 1.17 bits per heavy atom. The fourth-order valence-electron chi connectivity index (χ4n) is 1.65. The normalized spacial score (nSPS) is 10.4. The highest BCUT2D eigenvalue weighted by Gasteiger charge is 2.05. The molecule has 0 atom stereocenters. The first kappa shape index (κ1) is 13.2. The van der Waals surface area contributed by atoms with Gasteiger partial charge in [0.15, 0.2) is 0 Å². The molecule has 1 N–H and O–H groups in total. The molecule has 0 aliphatic rings. The predicted molar refractivity (Wildman–Crippen MR) is 74.9 cm³/mol. The third-order valence-corrected chi connectivity index (χ3v) is 3.40. The van der Waals surface area contributed by atoms with Crippen LogP contribution in [0, 0.1) is 12.7 Å². The Balaban J connectivity index is 2.14. The zero-order valence-electron chi connectivity index (χ0n) is 9.81. The van der Waals surface area contributed by atoms with Crippen LogP contribution in [0.1, 0.15) is 11.1 Å². The van der Waals surface area contributed by atoms with E-state index in [1.54, 1.807) is 12.1 Å². The van der Waals surface area contributed by atoms with Gasteiger partial charge in [-0.3, -0.25) is 0 Å². The van der Waals surface area contributed by atoms with E-state index in [9.17, 15) is 4.39 Å². The van der Waals surface area contributed by atoms with E-state index < -0.39 is 0 Å². The van der Waals surface area contributed by atoms with Crippen molar-refractivity contribution in [2.45, 2.75) is 13.5 Å². The van der Waals surface area contributed by atoms with E-state index in [-0.39, 0.29) is 5.82 Å². The molecule has 0 aliphatic carbocycles. The molecular weight excluding hydrogens is 272 g/mol. The van der Waals surface area contributed by atoms with Gasteiger partial charge in [-0.1, -0.05) is 35.3 Å². The Labute approximate surface area is 116 Å². The van der Waals surface area contributed by atoms with Crippen LogP contribution in [-0.2, 0) is 6.54 Å². The molecule has 0 unspecified atom stereocenters. The molecule has 0 amide bonds. The lowest BCUT2D eigenvalue weighted by atomic mass is 10.1.